The van der Waals surface area contributed by atoms with Crippen molar-refractivity contribution < 1.29 is 19.4 Å². The molecule has 0 aliphatic carbocycles. The van der Waals surface area contributed by atoms with E-state index in [1.54, 1.807) is 31.2 Å². The van der Waals surface area contributed by atoms with Gasteiger partial charge in [-0.1, -0.05) is 47.2 Å². The van der Waals surface area contributed by atoms with E-state index in [0.717, 1.165) is 33.7 Å². The van der Waals surface area contributed by atoms with Crippen LogP contribution in [-0.4, -0.2) is 43.9 Å². The van der Waals surface area contributed by atoms with Gasteiger partial charge in [0.2, 0.25) is 5.88 Å². The molecule has 4 rings (SSSR count). The van der Waals surface area contributed by atoms with Crippen LogP contribution in [0.5, 0.6) is 5.75 Å². The Balaban J connectivity index is 1.79. The van der Waals surface area contributed by atoms with Gasteiger partial charge in [-0.05, 0) is 26.0 Å². The summed E-state index contributed by atoms with van der Waals surface area (Å²) < 4.78 is 8.36. The van der Waals surface area contributed by atoms with Crippen molar-refractivity contribution in [2.75, 3.05) is 18.0 Å². The highest BCUT2D eigenvalue weighted by Crippen LogP contribution is 2.43. The Morgan fingerprint density at radius 1 is 1.15 bits per heavy atom. The van der Waals surface area contributed by atoms with Crippen LogP contribution >= 0.6 is 58.5 Å². The molecule has 34 heavy (non-hydrogen) atoms. The zero-order chi connectivity index (χ0) is 24.7. The number of carboxylic acid groups (broad SMARTS) is 1. The van der Waals surface area contributed by atoms with Gasteiger partial charge in [0, 0.05) is 25.2 Å². The summed E-state index contributed by atoms with van der Waals surface area (Å²) in [6, 6.07) is 3.36. The lowest BCUT2D eigenvalue weighted by atomic mass is 10.3. The molecule has 1 aromatic heterocycles. The monoisotopic (exact) mass is 557 g/mol. The molecule has 1 aromatic carbocycles. The predicted molar refractivity (Wildman–Crippen MR) is 139 cm³/mol. The quantitative estimate of drug-likeness (QED) is 0.561. The van der Waals surface area contributed by atoms with E-state index in [2.05, 4.69) is 0 Å². The molecule has 1 fully saturated rings. The normalized spacial score (nSPS) is 18.8. The number of fused-ring (bicyclic) bond motifs is 1. The SMILES string of the molecule is CCN1/C(=C/C=c2/s/c(=C3\SC(=S)N(CC(=O)O)C3=O)n(CC)c2=O)Oc2cc(Cl)c(Cl)cc21. The summed E-state index contributed by atoms with van der Waals surface area (Å²) in [4.78, 5) is 40.1. The molecule has 3 heterocycles. The summed E-state index contributed by atoms with van der Waals surface area (Å²) in [5.41, 5.74) is 0.498. The van der Waals surface area contributed by atoms with Gasteiger partial charge >= 0.3 is 5.97 Å². The molecule has 13 heteroatoms. The fourth-order valence-corrected chi connectivity index (χ4v) is 6.31. The number of halogens is 2. The van der Waals surface area contributed by atoms with Crippen LogP contribution in [0, 0.1) is 0 Å². The number of carbonyl (C=O) groups is 2. The number of rotatable bonds is 5. The van der Waals surface area contributed by atoms with Crippen LogP contribution in [0.25, 0.3) is 11.0 Å². The number of carboxylic acids is 1. The highest BCUT2D eigenvalue weighted by molar-refractivity contribution is 8.30. The van der Waals surface area contributed by atoms with E-state index >= 15 is 0 Å². The molecule has 2 aliphatic heterocycles. The van der Waals surface area contributed by atoms with Crippen LogP contribution in [-0.2, 0) is 16.1 Å². The van der Waals surface area contributed by atoms with Crippen molar-refractivity contribution in [3.05, 3.63) is 53.7 Å². The Kier molecular flexibility index (Phi) is 7.11. The van der Waals surface area contributed by atoms with E-state index in [9.17, 15) is 14.4 Å². The minimum absolute atomic E-state index is 0.145. The van der Waals surface area contributed by atoms with Crippen molar-refractivity contribution in [3.63, 3.8) is 0 Å². The molecule has 0 unspecified atom stereocenters. The summed E-state index contributed by atoms with van der Waals surface area (Å²) in [5, 5.41) is 9.84. The number of aliphatic carboxylic acids is 1. The Labute approximate surface area is 217 Å². The van der Waals surface area contributed by atoms with E-state index in [0.29, 0.717) is 44.0 Å². The molecular formula is C21H17Cl2N3O5S3. The first-order valence-electron chi connectivity index (χ1n) is 10.0. The minimum atomic E-state index is -1.17. The second kappa shape index (κ2) is 9.74. The maximum Gasteiger partial charge on any atom is 0.323 e. The third-order valence-corrected chi connectivity index (χ3v) is 8.46. The number of thiocarbonyl (C=S) groups is 1. The highest BCUT2D eigenvalue weighted by Gasteiger charge is 2.35. The predicted octanol–water partition coefficient (Wildman–Crippen LogP) is 2.83. The summed E-state index contributed by atoms with van der Waals surface area (Å²) in [7, 11) is 0. The third kappa shape index (κ3) is 4.38. The van der Waals surface area contributed by atoms with Gasteiger partial charge in [0.05, 0.1) is 20.3 Å². The Hall–Kier alpha value is -2.31. The fraction of sp³-hybridized carbons (Fsp3) is 0.238. The largest absolute Gasteiger partial charge is 0.480 e. The van der Waals surface area contributed by atoms with Crippen molar-refractivity contribution in [2.45, 2.75) is 20.4 Å². The van der Waals surface area contributed by atoms with Crippen molar-refractivity contribution in [1.82, 2.24) is 9.47 Å². The van der Waals surface area contributed by atoms with Gasteiger partial charge in [-0.3, -0.25) is 23.9 Å². The lowest BCUT2D eigenvalue weighted by molar-refractivity contribution is -0.140. The van der Waals surface area contributed by atoms with Gasteiger partial charge in [-0.2, -0.15) is 0 Å². The third-order valence-electron chi connectivity index (χ3n) is 5.03. The zero-order valence-electron chi connectivity index (χ0n) is 17.8. The van der Waals surface area contributed by atoms with Crippen LogP contribution in [0.4, 0.5) is 5.69 Å². The molecule has 1 N–H and O–H groups in total. The smallest absolute Gasteiger partial charge is 0.323 e. The number of amides is 1. The van der Waals surface area contributed by atoms with Crippen LogP contribution in [0.1, 0.15) is 13.8 Å². The molecule has 0 radical (unpaired) electrons. The van der Waals surface area contributed by atoms with Gasteiger partial charge in [0.1, 0.15) is 20.4 Å². The van der Waals surface area contributed by atoms with E-state index in [-0.39, 0.29) is 14.8 Å². The van der Waals surface area contributed by atoms with Crippen molar-refractivity contribution in [3.8, 4) is 5.75 Å². The number of thioether (sulfide) groups is 1. The van der Waals surface area contributed by atoms with E-state index < -0.39 is 18.4 Å². The first kappa shape index (κ1) is 24.8. The first-order chi connectivity index (χ1) is 16.2. The zero-order valence-corrected chi connectivity index (χ0v) is 21.8. The van der Waals surface area contributed by atoms with Gasteiger partial charge in [0.15, 0.2) is 5.75 Å². The summed E-state index contributed by atoms with van der Waals surface area (Å²) in [5.74, 6) is -0.630. The van der Waals surface area contributed by atoms with Crippen molar-refractivity contribution >= 4 is 91.4 Å². The van der Waals surface area contributed by atoms with Gasteiger partial charge in [-0.25, -0.2) is 0 Å². The molecule has 2 aliphatic rings. The second-order valence-electron chi connectivity index (χ2n) is 7.05. The lowest BCUT2D eigenvalue weighted by Crippen LogP contribution is -2.35. The number of thiazole rings is 1. The van der Waals surface area contributed by atoms with E-state index in [4.69, 9.17) is 45.3 Å². The molecule has 0 spiro atoms. The number of aromatic nitrogens is 1. The molecule has 0 bridgehead atoms. The topological polar surface area (TPSA) is 92.1 Å². The number of allylic oxidation sites excluding steroid dienone is 1. The standard InChI is InChI=1S/C21H17Cl2N3O5S3/c1-3-24-12-7-10(22)11(23)8-13(12)31-15(24)6-5-14-18(29)25(4-2)20(33-14)17-19(30)26(9-16(27)28)21(32)34-17/h5-8H,3-4,9H2,1-2H3,(H,27,28)/b14-5+,15-6-,20-17-. The number of benzene rings is 1. The number of nitrogens with zero attached hydrogens (tertiary/aromatic N) is 3. The van der Waals surface area contributed by atoms with Crippen molar-refractivity contribution in [2.24, 2.45) is 0 Å². The molecule has 2 aromatic rings. The number of anilines is 1. The lowest BCUT2D eigenvalue weighted by Gasteiger charge is -2.15. The summed E-state index contributed by atoms with van der Waals surface area (Å²) in [6.07, 6.45) is 3.31. The number of ether oxygens (including phenoxy) is 1. The van der Waals surface area contributed by atoms with Crippen LogP contribution in [0.2, 0.25) is 10.0 Å². The van der Waals surface area contributed by atoms with Crippen LogP contribution in [0.3, 0.4) is 0 Å². The Bertz CT molecular complexity index is 1450. The molecule has 8 nitrogen and oxygen atoms in total. The molecule has 0 atom stereocenters. The molecule has 1 saturated heterocycles. The average molecular weight is 558 g/mol. The number of carbonyl (C=O) groups excluding carboxylic acids is 1. The summed E-state index contributed by atoms with van der Waals surface area (Å²) in [6.45, 7) is 4.14. The summed E-state index contributed by atoms with van der Waals surface area (Å²) >= 11 is 19.6. The maximum atomic E-state index is 13.0. The second-order valence-corrected chi connectivity index (χ2v) is 10.5. The molecule has 1 amide bonds. The van der Waals surface area contributed by atoms with Crippen LogP contribution < -0.4 is 24.4 Å². The molecule has 0 saturated carbocycles. The van der Waals surface area contributed by atoms with Gasteiger partial charge < -0.3 is 14.7 Å². The van der Waals surface area contributed by atoms with Crippen LogP contribution in [0.15, 0.2) is 28.9 Å². The van der Waals surface area contributed by atoms with E-state index in [1.807, 2.05) is 11.8 Å². The fourth-order valence-electron chi connectivity index (χ4n) is 3.48. The molecular weight excluding hydrogens is 541 g/mol. The van der Waals surface area contributed by atoms with Crippen molar-refractivity contribution in [1.29, 1.82) is 0 Å². The molecule has 178 valence electrons. The Morgan fingerprint density at radius 2 is 1.85 bits per heavy atom. The average Bonchev–Trinajstić information content (AvgIpc) is 3.38. The number of hydrogen-bond acceptors (Lipinski definition) is 8. The maximum absolute atomic E-state index is 13.0. The van der Waals surface area contributed by atoms with Gasteiger partial charge in [0.25, 0.3) is 11.5 Å². The first-order valence-corrected chi connectivity index (χ1v) is 12.8. The Morgan fingerprint density at radius 3 is 2.50 bits per heavy atom. The minimum Gasteiger partial charge on any atom is -0.480 e. The van der Waals surface area contributed by atoms with Gasteiger partial charge in [-0.15, -0.1) is 11.3 Å². The van der Waals surface area contributed by atoms with E-state index in [1.165, 1.54) is 4.57 Å². The highest BCUT2D eigenvalue weighted by atomic mass is 35.5. The number of hydrogen-bond donors (Lipinski definition) is 1.